The van der Waals surface area contributed by atoms with Crippen LogP contribution in [0.25, 0.3) is 0 Å². The first kappa shape index (κ1) is 17.7. The summed E-state index contributed by atoms with van der Waals surface area (Å²) in [6.45, 7) is -0.00932. The van der Waals surface area contributed by atoms with E-state index in [9.17, 15) is 17.6 Å². The fourth-order valence-corrected chi connectivity index (χ4v) is 3.88. The molecule has 3 rings (SSSR count). The second-order valence-corrected chi connectivity index (χ2v) is 8.13. The van der Waals surface area contributed by atoms with Crippen LogP contribution in [0.5, 0.6) is 0 Å². The van der Waals surface area contributed by atoms with E-state index in [1.165, 1.54) is 17.0 Å². The zero-order chi connectivity index (χ0) is 18.2. The van der Waals surface area contributed by atoms with E-state index in [4.69, 9.17) is 11.6 Å². The number of sulfonamides is 1. The minimum absolute atomic E-state index is 0.148. The first-order valence-electron chi connectivity index (χ1n) is 7.58. The number of amides is 1. The van der Waals surface area contributed by atoms with Gasteiger partial charge in [-0.3, -0.25) is 9.10 Å². The molecule has 2 aromatic rings. The second-order valence-electron chi connectivity index (χ2n) is 5.79. The van der Waals surface area contributed by atoms with Gasteiger partial charge >= 0.3 is 0 Å². The van der Waals surface area contributed by atoms with E-state index < -0.39 is 28.3 Å². The summed E-state index contributed by atoms with van der Waals surface area (Å²) in [4.78, 5) is 14.2. The molecule has 0 fully saturated rings. The minimum atomic E-state index is -3.85. The van der Waals surface area contributed by atoms with Crippen LogP contribution in [0.15, 0.2) is 42.5 Å². The Morgan fingerprint density at radius 2 is 2.00 bits per heavy atom. The monoisotopic (exact) mass is 382 g/mol. The molecule has 0 saturated carbocycles. The summed E-state index contributed by atoms with van der Waals surface area (Å²) in [6.07, 6.45) is 1.64. The number of rotatable bonds is 4. The molecule has 0 spiro atoms. The number of carbonyl (C=O) groups excluding carboxylic acids is 1. The van der Waals surface area contributed by atoms with Gasteiger partial charge in [-0.2, -0.15) is 0 Å². The molecule has 0 N–H and O–H groups in total. The van der Waals surface area contributed by atoms with Crippen LogP contribution in [0.3, 0.4) is 0 Å². The highest BCUT2D eigenvalue weighted by atomic mass is 35.5. The average Bonchev–Trinajstić information content (AvgIpc) is 2.96. The van der Waals surface area contributed by atoms with Crippen molar-refractivity contribution in [1.82, 2.24) is 0 Å². The van der Waals surface area contributed by atoms with Crippen molar-refractivity contribution in [2.75, 3.05) is 28.6 Å². The highest BCUT2D eigenvalue weighted by molar-refractivity contribution is 7.92. The van der Waals surface area contributed by atoms with Gasteiger partial charge in [0.15, 0.2) is 0 Å². The SMILES string of the molecule is CS(=O)(=O)N(CC(=O)N1CCc2ccccc21)c1ccc(Cl)cc1F. The van der Waals surface area contributed by atoms with Gasteiger partial charge in [-0.15, -0.1) is 0 Å². The number of hydrogen-bond donors (Lipinski definition) is 0. The van der Waals surface area contributed by atoms with Crippen LogP contribution in [0.4, 0.5) is 15.8 Å². The molecular formula is C17H16ClFN2O3S. The summed E-state index contributed by atoms with van der Waals surface area (Å²) in [7, 11) is -3.85. The second kappa shape index (κ2) is 6.65. The van der Waals surface area contributed by atoms with Gasteiger partial charge in [-0.05, 0) is 36.2 Å². The van der Waals surface area contributed by atoms with Gasteiger partial charge in [-0.1, -0.05) is 29.8 Å². The van der Waals surface area contributed by atoms with Crippen molar-refractivity contribution in [1.29, 1.82) is 0 Å². The lowest BCUT2D eigenvalue weighted by Crippen LogP contribution is -2.42. The van der Waals surface area contributed by atoms with E-state index in [1.807, 2.05) is 24.3 Å². The number of para-hydroxylation sites is 1. The van der Waals surface area contributed by atoms with Gasteiger partial charge in [0.2, 0.25) is 15.9 Å². The van der Waals surface area contributed by atoms with Crippen LogP contribution < -0.4 is 9.21 Å². The maximum absolute atomic E-state index is 14.2. The Kier molecular flexibility index (Phi) is 4.71. The standard InChI is InChI=1S/C17H16ClFN2O3S/c1-25(23,24)21(16-7-6-13(18)10-14(16)19)11-17(22)20-9-8-12-4-2-3-5-15(12)20/h2-7,10H,8-9,11H2,1H3. The Morgan fingerprint density at radius 3 is 2.68 bits per heavy atom. The van der Waals surface area contributed by atoms with Crippen LogP contribution in [0.2, 0.25) is 5.02 Å². The third kappa shape index (κ3) is 3.62. The number of hydrogen-bond acceptors (Lipinski definition) is 3. The number of anilines is 2. The third-order valence-electron chi connectivity index (χ3n) is 4.05. The number of halogens is 2. The molecule has 0 saturated heterocycles. The fraction of sp³-hybridized carbons (Fsp3) is 0.235. The molecule has 0 aromatic heterocycles. The van der Waals surface area contributed by atoms with Crippen molar-refractivity contribution in [3.8, 4) is 0 Å². The lowest BCUT2D eigenvalue weighted by Gasteiger charge is -2.25. The molecular weight excluding hydrogens is 367 g/mol. The van der Waals surface area contributed by atoms with E-state index in [0.29, 0.717) is 13.0 Å². The van der Waals surface area contributed by atoms with Gasteiger partial charge in [0, 0.05) is 17.3 Å². The van der Waals surface area contributed by atoms with E-state index in [1.54, 1.807) is 0 Å². The molecule has 5 nitrogen and oxygen atoms in total. The Morgan fingerprint density at radius 1 is 1.28 bits per heavy atom. The Bertz CT molecular complexity index is 933. The topological polar surface area (TPSA) is 57.7 Å². The molecule has 0 atom stereocenters. The van der Waals surface area contributed by atoms with Crippen molar-refractivity contribution < 1.29 is 17.6 Å². The van der Waals surface area contributed by atoms with Crippen LogP contribution in [-0.2, 0) is 21.2 Å². The van der Waals surface area contributed by atoms with Crippen molar-refractivity contribution in [3.63, 3.8) is 0 Å². The average molecular weight is 383 g/mol. The Balaban J connectivity index is 1.91. The molecule has 25 heavy (non-hydrogen) atoms. The van der Waals surface area contributed by atoms with Crippen molar-refractivity contribution in [2.24, 2.45) is 0 Å². The summed E-state index contributed by atoms with van der Waals surface area (Å²) in [5.41, 5.74) is 1.59. The van der Waals surface area contributed by atoms with Crippen molar-refractivity contribution in [3.05, 3.63) is 58.9 Å². The van der Waals surface area contributed by atoms with Gasteiger partial charge in [0.1, 0.15) is 12.4 Å². The van der Waals surface area contributed by atoms with Gasteiger partial charge in [0.05, 0.1) is 11.9 Å². The largest absolute Gasteiger partial charge is 0.310 e. The summed E-state index contributed by atoms with van der Waals surface area (Å²) < 4.78 is 39.2. The molecule has 0 bridgehead atoms. The molecule has 1 aliphatic rings. The maximum atomic E-state index is 14.2. The maximum Gasteiger partial charge on any atom is 0.247 e. The smallest absolute Gasteiger partial charge is 0.247 e. The zero-order valence-corrected chi connectivity index (χ0v) is 15.0. The fourth-order valence-electron chi connectivity index (χ4n) is 2.87. The molecule has 1 heterocycles. The predicted octanol–water partition coefficient (Wildman–Crippen LogP) is 2.83. The molecule has 132 valence electrons. The van der Waals surface area contributed by atoms with Crippen LogP contribution in [0.1, 0.15) is 5.56 Å². The molecule has 0 aliphatic carbocycles. The predicted molar refractivity (Wildman–Crippen MR) is 96.1 cm³/mol. The number of benzene rings is 2. The summed E-state index contributed by atoms with van der Waals surface area (Å²) >= 11 is 5.72. The first-order valence-corrected chi connectivity index (χ1v) is 9.81. The number of nitrogens with zero attached hydrogens (tertiary/aromatic N) is 2. The zero-order valence-electron chi connectivity index (χ0n) is 13.4. The molecule has 1 aliphatic heterocycles. The molecule has 2 aromatic carbocycles. The van der Waals surface area contributed by atoms with E-state index in [2.05, 4.69) is 0 Å². The van der Waals surface area contributed by atoms with Crippen LogP contribution in [0, 0.1) is 5.82 Å². The number of carbonyl (C=O) groups is 1. The van der Waals surface area contributed by atoms with Crippen LogP contribution >= 0.6 is 11.6 Å². The van der Waals surface area contributed by atoms with Gasteiger partial charge in [0.25, 0.3) is 0 Å². The van der Waals surface area contributed by atoms with Crippen molar-refractivity contribution in [2.45, 2.75) is 6.42 Å². The van der Waals surface area contributed by atoms with E-state index in [0.717, 1.165) is 27.9 Å². The molecule has 0 unspecified atom stereocenters. The van der Waals surface area contributed by atoms with Crippen molar-refractivity contribution >= 4 is 38.9 Å². The highest BCUT2D eigenvalue weighted by Gasteiger charge is 2.29. The van der Waals surface area contributed by atoms with Gasteiger partial charge < -0.3 is 4.90 Å². The number of fused-ring (bicyclic) bond motifs is 1. The quantitative estimate of drug-likeness (QED) is 0.817. The van der Waals surface area contributed by atoms with Crippen LogP contribution in [-0.4, -0.2) is 33.7 Å². The Labute approximate surface area is 150 Å². The third-order valence-corrected chi connectivity index (χ3v) is 5.41. The lowest BCUT2D eigenvalue weighted by atomic mass is 10.2. The summed E-state index contributed by atoms with van der Waals surface area (Å²) in [5, 5.41) is 0.148. The normalized spacial score (nSPS) is 13.6. The van der Waals surface area contributed by atoms with Gasteiger partial charge in [-0.25, -0.2) is 12.8 Å². The summed E-state index contributed by atoms with van der Waals surface area (Å²) in [6, 6.07) is 11.1. The minimum Gasteiger partial charge on any atom is -0.310 e. The molecule has 1 amide bonds. The van der Waals surface area contributed by atoms with E-state index in [-0.39, 0.29) is 10.7 Å². The van der Waals surface area contributed by atoms with E-state index >= 15 is 0 Å². The molecule has 8 heteroatoms. The molecule has 0 radical (unpaired) electrons. The summed E-state index contributed by atoms with van der Waals surface area (Å²) in [5.74, 6) is -1.21. The Hall–Kier alpha value is -2.12. The highest BCUT2D eigenvalue weighted by Crippen LogP contribution is 2.29. The first-order chi connectivity index (χ1) is 11.8. The lowest BCUT2D eigenvalue weighted by molar-refractivity contribution is -0.117.